The van der Waals surface area contributed by atoms with Crippen molar-refractivity contribution in [2.75, 3.05) is 11.9 Å². The number of hydrogen-bond acceptors (Lipinski definition) is 6. The molecule has 2 N–H and O–H groups in total. The summed E-state index contributed by atoms with van der Waals surface area (Å²) in [4.78, 5) is 26.2. The molecule has 1 saturated heterocycles. The summed E-state index contributed by atoms with van der Waals surface area (Å²) >= 11 is 0. The van der Waals surface area contributed by atoms with Crippen LogP contribution in [0, 0.1) is 6.92 Å². The van der Waals surface area contributed by atoms with Crippen molar-refractivity contribution in [3.8, 4) is 0 Å². The van der Waals surface area contributed by atoms with Crippen LogP contribution >= 0.6 is 0 Å². The standard InChI is InChI=1S/C17H28N4O5/c1-10-8-13(20-26-10)19-14(22)18-9-12-11(2)24-17(6,7)21(12)15(23)25-16(3,4)5/h8,11-12H,9H2,1-7H3,(H2,18,19,20,22)/t11-,12-/m0/s1. The number of urea groups is 1. The monoisotopic (exact) mass is 368 g/mol. The third-order valence-corrected chi connectivity index (χ3v) is 3.86. The fourth-order valence-corrected chi connectivity index (χ4v) is 2.91. The lowest BCUT2D eigenvalue weighted by molar-refractivity contribution is -0.0756. The molecule has 2 rings (SSSR count). The lowest BCUT2D eigenvalue weighted by Gasteiger charge is -2.35. The van der Waals surface area contributed by atoms with E-state index in [4.69, 9.17) is 14.0 Å². The molecule has 1 aromatic heterocycles. The molecule has 1 aliphatic heterocycles. The highest BCUT2D eigenvalue weighted by molar-refractivity contribution is 5.88. The van der Waals surface area contributed by atoms with E-state index >= 15 is 0 Å². The van der Waals surface area contributed by atoms with Gasteiger partial charge in [-0.3, -0.25) is 10.2 Å². The van der Waals surface area contributed by atoms with Gasteiger partial charge in [0.25, 0.3) is 0 Å². The van der Waals surface area contributed by atoms with Crippen molar-refractivity contribution in [3.05, 3.63) is 11.8 Å². The molecule has 0 radical (unpaired) electrons. The molecule has 3 amide bonds. The van der Waals surface area contributed by atoms with Crippen LogP contribution in [0.4, 0.5) is 15.4 Å². The predicted molar refractivity (Wildman–Crippen MR) is 94.7 cm³/mol. The molecule has 0 saturated carbocycles. The first-order valence-electron chi connectivity index (χ1n) is 8.57. The maximum atomic E-state index is 12.6. The SMILES string of the molecule is Cc1cc(NC(=O)NC[C@H]2[C@H](C)OC(C)(C)N2C(=O)OC(C)(C)C)no1. The highest BCUT2D eigenvalue weighted by Crippen LogP contribution is 2.33. The van der Waals surface area contributed by atoms with E-state index in [-0.39, 0.29) is 18.7 Å². The second-order valence-electron chi connectivity index (χ2n) is 7.85. The number of aryl methyl sites for hydroxylation is 1. The highest BCUT2D eigenvalue weighted by Gasteiger charge is 2.49. The molecule has 26 heavy (non-hydrogen) atoms. The number of rotatable bonds is 3. The maximum absolute atomic E-state index is 12.6. The average Bonchev–Trinajstić information content (AvgIpc) is 2.94. The number of anilines is 1. The average molecular weight is 368 g/mol. The van der Waals surface area contributed by atoms with Crippen LogP contribution in [-0.2, 0) is 9.47 Å². The molecule has 0 bridgehead atoms. The Hall–Kier alpha value is -2.29. The van der Waals surface area contributed by atoms with Gasteiger partial charge in [0.05, 0.1) is 12.1 Å². The minimum Gasteiger partial charge on any atom is -0.444 e. The third kappa shape index (κ3) is 4.87. The Morgan fingerprint density at radius 3 is 2.58 bits per heavy atom. The Bertz CT molecular complexity index is 664. The zero-order valence-electron chi connectivity index (χ0n) is 16.4. The molecule has 0 aromatic carbocycles. The fraction of sp³-hybridized carbons (Fsp3) is 0.706. The maximum Gasteiger partial charge on any atom is 0.412 e. The second-order valence-corrected chi connectivity index (χ2v) is 7.85. The van der Waals surface area contributed by atoms with Crippen LogP contribution in [0.5, 0.6) is 0 Å². The summed E-state index contributed by atoms with van der Waals surface area (Å²) in [7, 11) is 0. The quantitative estimate of drug-likeness (QED) is 0.850. The molecule has 2 heterocycles. The van der Waals surface area contributed by atoms with Crippen LogP contribution in [0.15, 0.2) is 10.6 Å². The highest BCUT2D eigenvalue weighted by atomic mass is 16.6. The molecule has 0 aliphatic carbocycles. The lowest BCUT2D eigenvalue weighted by atomic mass is 10.1. The number of hydrogen-bond donors (Lipinski definition) is 2. The van der Waals surface area contributed by atoms with Gasteiger partial charge in [-0.15, -0.1) is 0 Å². The van der Waals surface area contributed by atoms with E-state index < -0.39 is 23.5 Å². The number of carbonyl (C=O) groups excluding carboxylic acids is 2. The first kappa shape index (κ1) is 20.0. The van der Waals surface area contributed by atoms with Crippen molar-refractivity contribution in [3.63, 3.8) is 0 Å². The van der Waals surface area contributed by atoms with Crippen molar-refractivity contribution >= 4 is 17.9 Å². The Labute approximate surface area is 153 Å². The fourth-order valence-electron chi connectivity index (χ4n) is 2.91. The van der Waals surface area contributed by atoms with Crippen molar-refractivity contribution in [2.45, 2.75) is 71.9 Å². The summed E-state index contributed by atoms with van der Waals surface area (Å²) in [5.41, 5.74) is -1.47. The summed E-state index contributed by atoms with van der Waals surface area (Å²) in [5, 5.41) is 9.01. The van der Waals surface area contributed by atoms with Crippen molar-refractivity contribution < 1.29 is 23.6 Å². The van der Waals surface area contributed by atoms with Crippen LogP contribution in [0.2, 0.25) is 0 Å². The Kier molecular flexibility index (Phi) is 5.50. The van der Waals surface area contributed by atoms with Crippen LogP contribution in [-0.4, -0.2) is 52.2 Å². The van der Waals surface area contributed by atoms with Gasteiger partial charge in [-0.2, -0.15) is 0 Å². The normalized spacial score (nSPS) is 22.2. The van der Waals surface area contributed by atoms with E-state index in [1.165, 1.54) is 4.90 Å². The third-order valence-electron chi connectivity index (χ3n) is 3.86. The number of aromatic nitrogens is 1. The van der Waals surface area contributed by atoms with Gasteiger partial charge >= 0.3 is 12.1 Å². The smallest absolute Gasteiger partial charge is 0.412 e. The lowest BCUT2D eigenvalue weighted by Crippen LogP contribution is -2.53. The molecule has 9 heteroatoms. The first-order chi connectivity index (χ1) is 11.9. The van der Waals surface area contributed by atoms with E-state index in [9.17, 15) is 9.59 Å². The molecule has 0 unspecified atom stereocenters. The summed E-state index contributed by atoms with van der Waals surface area (Å²) in [5.74, 6) is 0.913. The Morgan fingerprint density at radius 2 is 2.04 bits per heavy atom. The second kappa shape index (κ2) is 7.14. The minimum absolute atomic E-state index is 0.201. The summed E-state index contributed by atoms with van der Waals surface area (Å²) in [6.45, 7) is 12.8. The van der Waals surface area contributed by atoms with E-state index in [0.717, 1.165) is 0 Å². The van der Waals surface area contributed by atoms with Gasteiger partial charge in [0, 0.05) is 12.6 Å². The molecule has 2 atom stereocenters. The Morgan fingerprint density at radius 1 is 1.38 bits per heavy atom. The van der Waals surface area contributed by atoms with Crippen molar-refractivity contribution in [2.24, 2.45) is 0 Å². The number of carbonyl (C=O) groups is 2. The van der Waals surface area contributed by atoms with E-state index in [1.54, 1.807) is 47.6 Å². The topological polar surface area (TPSA) is 106 Å². The number of nitrogens with one attached hydrogen (secondary N) is 2. The van der Waals surface area contributed by atoms with Gasteiger partial charge in [0.2, 0.25) is 0 Å². The zero-order valence-corrected chi connectivity index (χ0v) is 16.4. The summed E-state index contributed by atoms with van der Waals surface area (Å²) < 4.78 is 16.3. The van der Waals surface area contributed by atoms with Gasteiger partial charge in [0.1, 0.15) is 17.1 Å². The zero-order chi connectivity index (χ0) is 19.7. The van der Waals surface area contributed by atoms with Gasteiger partial charge in [-0.25, -0.2) is 9.59 Å². The molecule has 1 fully saturated rings. The van der Waals surface area contributed by atoms with E-state index in [2.05, 4.69) is 15.8 Å². The van der Waals surface area contributed by atoms with Crippen LogP contribution in [0.25, 0.3) is 0 Å². The molecule has 9 nitrogen and oxygen atoms in total. The van der Waals surface area contributed by atoms with Crippen molar-refractivity contribution in [1.29, 1.82) is 0 Å². The largest absolute Gasteiger partial charge is 0.444 e. The number of ether oxygens (including phenoxy) is 2. The number of amides is 3. The van der Waals surface area contributed by atoms with Gasteiger partial charge in [-0.1, -0.05) is 5.16 Å². The molecule has 1 aliphatic rings. The van der Waals surface area contributed by atoms with E-state index in [1.807, 2.05) is 6.92 Å². The van der Waals surface area contributed by atoms with Gasteiger partial charge < -0.3 is 19.3 Å². The Balaban J connectivity index is 2.02. The molecule has 1 aromatic rings. The molecular weight excluding hydrogens is 340 g/mol. The molecule has 146 valence electrons. The summed E-state index contributed by atoms with van der Waals surface area (Å²) in [6.07, 6.45) is -0.752. The van der Waals surface area contributed by atoms with Gasteiger partial charge in [0.15, 0.2) is 5.82 Å². The first-order valence-corrected chi connectivity index (χ1v) is 8.57. The van der Waals surface area contributed by atoms with E-state index in [0.29, 0.717) is 11.6 Å². The minimum atomic E-state index is -0.839. The van der Waals surface area contributed by atoms with Crippen molar-refractivity contribution in [1.82, 2.24) is 15.4 Å². The molecule has 0 spiro atoms. The van der Waals surface area contributed by atoms with Crippen LogP contribution in [0.1, 0.15) is 47.3 Å². The predicted octanol–water partition coefficient (Wildman–Crippen LogP) is 2.87. The summed E-state index contributed by atoms with van der Waals surface area (Å²) in [6, 6.07) is 0.792. The number of nitrogens with zero attached hydrogens (tertiary/aromatic N) is 2. The molecular formula is C17H28N4O5. The van der Waals surface area contributed by atoms with Gasteiger partial charge in [-0.05, 0) is 48.5 Å². The van der Waals surface area contributed by atoms with Crippen LogP contribution in [0.3, 0.4) is 0 Å². The van der Waals surface area contributed by atoms with Crippen LogP contribution < -0.4 is 10.6 Å².